The van der Waals surface area contributed by atoms with Gasteiger partial charge in [0.2, 0.25) is 5.88 Å². The van der Waals surface area contributed by atoms with Gasteiger partial charge in [0.25, 0.3) is 11.7 Å². The minimum atomic E-state index is -1.19. The second-order valence-electron chi connectivity index (χ2n) is 11.9. The molecule has 0 N–H and O–H groups in total. The van der Waals surface area contributed by atoms with E-state index >= 15 is 4.39 Å². The lowest BCUT2D eigenvalue weighted by atomic mass is 10.0. The highest BCUT2D eigenvalue weighted by Crippen LogP contribution is 2.42. The van der Waals surface area contributed by atoms with E-state index in [1.54, 1.807) is 58.6 Å². The van der Waals surface area contributed by atoms with Crippen molar-refractivity contribution in [3.63, 3.8) is 0 Å². The number of hydrogen-bond donors (Lipinski definition) is 0. The third-order valence-corrected chi connectivity index (χ3v) is 7.29. The summed E-state index contributed by atoms with van der Waals surface area (Å²) in [5, 5.41) is 0.398. The normalized spacial score (nSPS) is 16.4. The van der Waals surface area contributed by atoms with E-state index < -0.39 is 23.1 Å². The van der Waals surface area contributed by atoms with E-state index in [4.69, 9.17) is 33.0 Å². The average Bonchev–Trinajstić information content (AvgIpc) is 3.74. The molecule has 1 aliphatic heterocycles. The molecule has 0 unspecified atom stereocenters. The van der Waals surface area contributed by atoms with Crippen molar-refractivity contribution in [2.45, 2.75) is 71.4 Å². The van der Waals surface area contributed by atoms with E-state index in [1.807, 2.05) is 0 Å². The Bertz CT molecular complexity index is 1700. The van der Waals surface area contributed by atoms with Crippen LogP contribution in [-0.2, 0) is 14.3 Å². The molecule has 13 heteroatoms. The number of aryl methyl sites for hydroxylation is 1. The Labute approximate surface area is 253 Å². The van der Waals surface area contributed by atoms with Crippen LogP contribution in [0.4, 0.5) is 26.4 Å². The van der Waals surface area contributed by atoms with Crippen molar-refractivity contribution in [2.75, 3.05) is 23.0 Å². The number of thiocarbonyl (C=S) groups is 1. The molecular weight excluding hydrogens is 575 g/mol. The molecule has 0 spiro atoms. The van der Waals surface area contributed by atoms with Crippen LogP contribution < -0.4 is 14.5 Å². The second-order valence-corrected chi connectivity index (χ2v) is 12.3. The molecule has 0 radical (unpaired) electrons. The highest BCUT2D eigenvalue weighted by molar-refractivity contribution is 7.81. The summed E-state index contributed by atoms with van der Waals surface area (Å²) in [5.41, 5.74) is -0.521. The van der Waals surface area contributed by atoms with Gasteiger partial charge in [0.05, 0.1) is 11.1 Å². The molecule has 1 amide bonds. The molecule has 2 aliphatic rings. The van der Waals surface area contributed by atoms with E-state index in [0.717, 1.165) is 12.8 Å². The molecule has 1 saturated carbocycles. The zero-order valence-electron chi connectivity index (χ0n) is 24.7. The van der Waals surface area contributed by atoms with Crippen molar-refractivity contribution >= 4 is 57.5 Å². The van der Waals surface area contributed by atoms with Gasteiger partial charge in [0.1, 0.15) is 41.9 Å². The van der Waals surface area contributed by atoms with Gasteiger partial charge in [0.15, 0.2) is 10.9 Å². The Hall–Kier alpha value is -4.44. The summed E-state index contributed by atoms with van der Waals surface area (Å²) in [6, 6.07) is 4.59. The first-order chi connectivity index (χ1) is 20.2. The number of halogens is 1. The number of carbonyl (C=O) groups excluding carboxylic acids is 2. The van der Waals surface area contributed by atoms with Crippen molar-refractivity contribution < 1.29 is 28.2 Å². The first-order valence-corrected chi connectivity index (χ1v) is 14.1. The molecule has 1 aliphatic carbocycles. The predicted molar refractivity (Wildman–Crippen MR) is 161 cm³/mol. The monoisotopic (exact) mass is 606 g/mol. The number of amides is 1. The van der Waals surface area contributed by atoms with Gasteiger partial charge in [0, 0.05) is 11.6 Å². The van der Waals surface area contributed by atoms with Gasteiger partial charge < -0.3 is 24.0 Å². The van der Waals surface area contributed by atoms with Crippen molar-refractivity contribution in [1.82, 2.24) is 15.0 Å². The smallest absolute Gasteiger partial charge is 0.474 e. The van der Waals surface area contributed by atoms with Crippen molar-refractivity contribution in [2.24, 2.45) is 0 Å². The van der Waals surface area contributed by atoms with Crippen LogP contribution >= 0.6 is 12.2 Å². The molecule has 43 heavy (non-hydrogen) atoms. The number of pyridine rings is 1. The van der Waals surface area contributed by atoms with Gasteiger partial charge in [-0.1, -0.05) is 6.57 Å². The summed E-state index contributed by atoms with van der Waals surface area (Å²) < 4.78 is 31.9. The molecule has 2 fully saturated rings. The third-order valence-electron chi connectivity index (χ3n) is 6.92. The van der Waals surface area contributed by atoms with Gasteiger partial charge in [-0.05, 0) is 90.4 Å². The maximum absolute atomic E-state index is 15.8. The van der Waals surface area contributed by atoms with Crippen LogP contribution in [0, 0.1) is 19.3 Å². The van der Waals surface area contributed by atoms with Gasteiger partial charge in [-0.25, -0.2) is 14.2 Å². The number of nitrogens with zero attached hydrogens (tertiary/aromatic N) is 6. The summed E-state index contributed by atoms with van der Waals surface area (Å²) in [4.78, 5) is 45.1. The maximum Gasteiger partial charge on any atom is 0.508 e. The molecule has 1 aromatic carbocycles. The Morgan fingerprint density at radius 1 is 1.19 bits per heavy atom. The molecule has 0 atom stereocenters. The van der Waals surface area contributed by atoms with E-state index in [2.05, 4.69) is 19.8 Å². The third kappa shape index (κ3) is 5.92. The summed E-state index contributed by atoms with van der Waals surface area (Å²) in [6.07, 6.45) is 2.38. The van der Waals surface area contributed by atoms with E-state index in [9.17, 15) is 9.59 Å². The van der Waals surface area contributed by atoms with Gasteiger partial charge in [-0.3, -0.25) is 9.69 Å². The minimum absolute atomic E-state index is 0.0614. The van der Waals surface area contributed by atoms with Gasteiger partial charge in [-0.15, -0.1) is 4.98 Å². The molecular formula is C30H31FN6O5S. The fourth-order valence-electron chi connectivity index (χ4n) is 4.72. The maximum atomic E-state index is 15.8. The largest absolute Gasteiger partial charge is 0.508 e. The number of rotatable bonds is 7. The fraction of sp³-hybridized carbons (Fsp3) is 0.433. The van der Waals surface area contributed by atoms with Crippen LogP contribution in [0.15, 0.2) is 24.4 Å². The lowest BCUT2D eigenvalue weighted by molar-refractivity contribution is -0.120. The van der Waals surface area contributed by atoms with E-state index in [0.29, 0.717) is 22.8 Å². The molecule has 11 nitrogen and oxygen atoms in total. The SMILES string of the molecule is [C-]#[N+]c1ncc(N2C(=O)C(C)(C)N(c3cc(F)c4nc(C5CC5)nc(OCCOC(=O)OC(C)(C)C)c4c3)C2=S)cc1C. The average molecular weight is 607 g/mol. The number of anilines is 2. The first-order valence-electron chi connectivity index (χ1n) is 13.7. The van der Waals surface area contributed by atoms with Crippen LogP contribution in [0.5, 0.6) is 5.88 Å². The lowest BCUT2D eigenvalue weighted by Crippen LogP contribution is -2.44. The van der Waals surface area contributed by atoms with Gasteiger partial charge >= 0.3 is 6.16 Å². The molecule has 3 aromatic rings. The quantitative estimate of drug-likeness (QED) is 0.134. The van der Waals surface area contributed by atoms with Crippen molar-refractivity contribution in [3.05, 3.63) is 53.0 Å². The zero-order chi connectivity index (χ0) is 31.3. The number of carbonyl (C=O) groups is 2. The van der Waals surface area contributed by atoms with Crippen LogP contribution in [0.1, 0.15) is 64.8 Å². The molecule has 0 bridgehead atoms. The minimum Gasteiger partial charge on any atom is -0.474 e. The summed E-state index contributed by atoms with van der Waals surface area (Å²) in [7, 11) is 0. The van der Waals surface area contributed by atoms with Crippen molar-refractivity contribution in [1.29, 1.82) is 0 Å². The number of hydrogen-bond acceptors (Lipinski definition) is 9. The Morgan fingerprint density at radius 2 is 1.91 bits per heavy atom. The zero-order valence-corrected chi connectivity index (χ0v) is 25.5. The van der Waals surface area contributed by atoms with E-state index in [1.165, 1.54) is 17.2 Å². The standard InChI is InChI=1S/C30H31FN6O5S/c1-16-12-19(15-33-23(16)32-7)36-26(38)30(5,6)37(27(36)43)18-13-20-22(21(31)14-18)34-24(17-8-9-17)35-25(20)40-10-11-41-28(39)42-29(2,3)4/h12-15,17H,8-11H2,1-6H3. The highest BCUT2D eigenvalue weighted by atomic mass is 32.1. The molecule has 3 heterocycles. The molecule has 2 aromatic heterocycles. The number of aromatic nitrogens is 3. The summed E-state index contributed by atoms with van der Waals surface area (Å²) in [6.45, 7) is 17.4. The predicted octanol–water partition coefficient (Wildman–Crippen LogP) is 6.15. The Balaban J connectivity index is 1.48. The molecule has 224 valence electrons. The van der Waals surface area contributed by atoms with Crippen LogP contribution in [-0.4, -0.2) is 56.5 Å². The Kier molecular flexibility index (Phi) is 7.68. The Morgan fingerprint density at radius 3 is 2.53 bits per heavy atom. The summed E-state index contributed by atoms with van der Waals surface area (Å²) in [5.74, 6) is -0.0246. The van der Waals surface area contributed by atoms with Crippen LogP contribution in [0.3, 0.4) is 0 Å². The van der Waals surface area contributed by atoms with Crippen LogP contribution in [0.2, 0.25) is 0 Å². The molecule has 5 rings (SSSR count). The first kappa shape index (κ1) is 30.0. The molecule has 1 saturated heterocycles. The van der Waals surface area contributed by atoms with Crippen molar-refractivity contribution in [3.8, 4) is 5.88 Å². The topological polar surface area (TPSA) is 111 Å². The summed E-state index contributed by atoms with van der Waals surface area (Å²) >= 11 is 5.76. The fourth-order valence-corrected chi connectivity index (χ4v) is 5.24. The number of ether oxygens (including phenoxy) is 3. The highest BCUT2D eigenvalue weighted by Gasteiger charge is 2.51. The van der Waals surface area contributed by atoms with Crippen LogP contribution in [0.25, 0.3) is 15.7 Å². The number of fused-ring (bicyclic) bond motifs is 1. The second kappa shape index (κ2) is 11.0. The van der Waals surface area contributed by atoms with E-state index in [-0.39, 0.29) is 52.8 Å². The number of benzene rings is 1. The van der Waals surface area contributed by atoms with Gasteiger partial charge in [-0.2, -0.15) is 4.98 Å². The lowest BCUT2D eigenvalue weighted by Gasteiger charge is -2.29.